The van der Waals surface area contributed by atoms with Gasteiger partial charge in [-0.3, -0.25) is 0 Å². The third-order valence-electron chi connectivity index (χ3n) is 2.39. The van der Waals surface area contributed by atoms with Crippen molar-refractivity contribution in [3.8, 4) is 5.75 Å². The van der Waals surface area contributed by atoms with Gasteiger partial charge in [-0.25, -0.2) is 4.39 Å². The lowest BCUT2D eigenvalue weighted by molar-refractivity contribution is 0.351. The highest BCUT2D eigenvalue weighted by atomic mass is 19.1. The highest BCUT2D eigenvalue weighted by Crippen LogP contribution is 2.31. The summed E-state index contributed by atoms with van der Waals surface area (Å²) in [5.74, 6) is 0.386. The number of methoxy groups -OCH3 is 1. The molecule has 0 aliphatic carbocycles. The maximum absolute atomic E-state index is 12.8. The standard InChI is InChI=1S/C10H12FNO/c1-13-10-6-7(11)2-3-8(10)9-4-5-12-9/h2-3,6,9,12H,4-5H2,1H3/t9-/m1/s1. The van der Waals surface area contributed by atoms with E-state index in [1.165, 1.54) is 12.1 Å². The number of rotatable bonds is 2. The van der Waals surface area contributed by atoms with Gasteiger partial charge in [0.15, 0.2) is 0 Å². The number of nitrogens with one attached hydrogen (secondary N) is 1. The van der Waals surface area contributed by atoms with Gasteiger partial charge < -0.3 is 10.1 Å². The largest absolute Gasteiger partial charge is 0.496 e. The van der Waals surface area contributed by atoms with Crippen LogP contribution in [0.2, 0.25) is 0 Å². The van der Waals surface area contributed by atoms with Gasteiger partial charge in [-0.2, -0.15) is 0 Å². The Balaban J connectivity index is 2.32. The Morgan fingerprint density at radius 2 is 2.31 bits per heavy atom. The van der Waals surface area contributed by atoms with Crippen LogP contribution in [-0.4, -0.2) is 13.7 Å². The van der Waals surface area contributed by atoms with E-state index < -0.39 is 0 Å². The Morgan fingerprint density at radius 3 is 2.85 bits per heavy atom. The molecule has 1 heterocycles. The molecule has 0 saturated carbocycles. The molecule has 3 heteroatoms. The maximum atomic E-state index is 12.8. The van der Waals surface area contributed by atoms with Gasteiger partial charge >= 0.3 is 0 Å². The summed E-state index contributed by atoms with van der Waals surface area (Å²) in [5.41, 5.74) is 1.05. The average molecular weight is 181 g/mol. The van der Waals surface area contributed by atoms with Crippen molar-refractivity contribution >= 4 is 0 Å². The highest BCUT2D eigenvalue weighted by molar-refractivity contribution is 5.37. The number of ether oxygens (including phenoxy) is 1. The van der Waals surface area contributed by atoms with Crippen molar-refractivity contribution in [2.24, 2.45) is 0 Å². The summed E-state index contributed by atoms with van der Waals surface area (Å²) in [4.78, 5) is 0. The smallest absolute Gasteiger partial charge is 0.126 e. The second-order valence-electron chi connectivity index (χ2n) is 3.18. The lowest BCUT2D eigenvalue weighted by Crippen LogP contribution is -2.35. The van der Waals surface area contributed by atoms with Gasteiger partial charge in [-0.1, -0.05) is 6.07 Å². The Morgan fingerprint density at radius 1 is 1.54 bits per heavy atom. The molecule has 0 amide bonds. The van der Waals surface area contributed by atoms with E-state index in [-0.39, 0.29) is 5.82 Å². The predicted octanol–water partition coefficient (Wildman–Crippen LogP) is 1.87. The SMILES string of the molecule is COc1cc(F)ccc1[C@H]1CCN1. The molecule has 1 saturated heterocycles. The molecular formula is C10H12FNO. The van der Waals surface area contributed by atoms with E-state index in [0.29, 0.717) is 11.8 Å². The van der Waals surface area contributed by atoms with Crippen molar-refractivity contribution in [2.75, 3.05) is 13.7 Å². The summed E-state index contributed by atoms with van der Waals surface area (Å²) in [6.07, 6.45) is 1.10. The number of hydrogen-bond acceptors (Lipinski definition) is 2. The zero-order valence-electron chi connectivity index (χ0n) is 7.51. The summed E-state index contributed by atoms with van der Waals surface area (Å²) >= 11 is 0. The lowest BCUT2D eigenvalue weighted by Gasteiger charge is -2.29. The van der Waals surface area contributed by atoms with E-state index in [2.05, 4.69) is 5.32 Å². The molecule has 70 valence electrons. The van der Waals surface area contributed by atoms with Crippen molar-refractivity contribution < 1.29 is 9.13 Å². The number of benzene rings is 1. The van der Waals surface area contributed by atoms with Crippen LogP contribution in [0, 0.1) is 5.82 Å². The van der Waals surface area contributed by atoms with Crippen molar-refractivity contribution in [2.45, 2.75) is 12.5 Å². The van der Waals surface area contributed by atoms with E-state index in [9.17, 15) is 4.39 Å². The quantitative estimate of drug-likeness (QED) is 0.752. The van der Waals surface area contributed by atoms with Gasteiger partial charge in [0, 0.05) is 17.7 Å². The molecule has 1 aliphatic heterocycles. The van der Waals surface area contributed by atoms with Gasteiger partial charge in [-0.05, 0) is 19.0 Å². The Bertz CT molecular complexity index is 310. The third-order valence-corrected chi connectivity index (χ3v) is 2.39. The maximum Gasteiger partial charge on any atom is 0.126 e. The van der Waals surface area contributed by atoms with Crippen LogP contribution in [0.4, 0.5) is 4.39 Å². The molecule has 0 bridgehead atoms. The summed E-state index contributed by atoms with van der Waals surface area (Å²) < 4.78 is 17.9. The molecule has 0 unspecified atom stereocenters. The Kier molecular flexibility index (Phi) is 2.19. The molecule has 13 heavy (non-hydrogen) atoms. The molecule has 1 aliphatic rings. The minimum atomic E-state index is -0.250. The molecule has 2 rings (SSSR count). The van der Waals surface area contributed by atoms with Crippen LogP contribution in [0.1, 0.15) is 18.0 Å². The summed E-state index contributed by atoms with van der Waals surface area (Å²) in [6.45, 7) is 1.03. The van der Waals surface area contributed by atoms with Crippen molar-refractivity contribution in [1.29, 1.82) is 0 Å². The number of halogens is 1. The molecule has 1 atom stereocenters. The van der Waals surface area contributed by atoms with Crippen molar-refractivity contribution in [1.82, 2.24) is 5.32 Å². The zero-order chi connectivity index (χ0) is 9.26. The molecular weight excluding hydrogens is 169 g/mol. The molecule has 1 N–H and O–H groups in total. The van der Waals surface area contributed by atoms with Crippen LogP contribution in [0.5, 0.6) is 5.75 Å². The molecule has 1 aromatic carbocycles. The van der Waals surface area contributed by atoms with Crippen LogP contribution in [0.25, 0.3) is 0 Å². The molecule has 1 aromatic rings. The first-order valence-corrected chi connectivity index (χ1v) is 4.38. The fourth-order valence-electron chi connectivity index (χ4n) is 1.53. The monoisotopic (exact) mass is 181 g/mol. The summed E-state index contributed by atoms with van der Waals surface area (Å²) in [7, 11) is 1.57. The van der Waals surface area contributed by atoms with Crippen LogP contribution in [0.15, 0.2) is 18.2 Å². The summed E-state index contributed by atoms with van der Waals surface area (Å²) in [6, 6.07) is 5.02. The molecule has 0 aromatic heterocycles. The average Bonchev–Trinajstić information content (AvgIpc) is 2.05. The zero-order valence-corrected chi connectivity index (χ0v) is 7.51. The molecule has 0 spiro atoms. The van der Waals surface area contributed by atoms with E-state index in [1.807, 2.05) is 0 Å². The van der Waals surface area contributed by atoms with Crippen LogP contribution < -0.4 is 10.1 Å². The first kappa shape index (κ1) is 8.51. The first-order chi connectivity index (χ1) is 6.31. The summed E-state index contributed by atoms with van der Waals surface area (Å²) in [5, 5.41) is 3.25. The van der Waals surface area contributed by atoms with Gasteiger partial charge in [-0.15, -0.1) is 0 Å². The topological polar surface area (TPSA) is 21.3 Å². The van der Waals surface area contributed by atoms with Crippen LogP contribution in [0.3, 0.4) is 0 Å². The van der Waals surface area contributed by atoms with Gasteiger partial charge in [0.25, 0.3) is 0 Å². The second-order valence-corrected chi connectivity index (χ2v) is 3.18. The highest BCUT2D eigenvalue weighted by Gasteiger charge is 2.21. The van der Waals surface area contributed by atoms with Gasteiger partial charge in [0.05, 0.1) is 7.11 Å². The predicted molar refractivity (Wildman–Crippen MR) is 48.3 cm³/mol. The third kappa shape index (κ3) is 1.52. The van der Waals surface area contributed by atoms with E-state index in [0.717, 1.165) is 18.5 Å². The normalized spacial score (nSPS) is 20.9. The van der Waals surface area contributed by atoms with E-state index in [4.69, 9.17) is 4.74 Å². The molecule has 2 nitrogen and oxygen atoms in total. The fraction of sp³-hybridized carbons (Fsp3) is 0.400. The minimum Gasteiger partial charge on any atom is -0.496 e. The van der Waals surface area contributed by atoms with E-state index in [1.54, 1.807) is 13.2 Å². The number of hydrogen-bond donors (Lipinski definition) is 1. The van der Waals surface area contributed by atoms with Gasteiger partial charge in [0.1, 0.15) is 11.6 Å². The van der Waals surface area contributed by atoms with Crippen molar-refractivity contribution in [3.05, 3.63) is 29.6 Å². The fourth-order valence-corrected chi connectivity index (χ4v) is 1.53. The van der Waals surface area contributed by atoms with Gasteiger partial charge in [0.2, 0.25) is 0 Å². The Labute approximate surface area is 76.7 Å². The molecule has 0 radical (unpaired) electrons. The second kappa shape index (κ2) is 3.34. The lowest BCUT2D eigenvalue weighted by atomic mass is 9.97. The Hall–Kier alpha value is -1.09. The minimum absolute atomic E-state index is 0.250. The van der Waals surface area contributed by atoms with Crippen molar-refractivity contribution in [3.63, 3.8) is 0 Å². The van der Waals surface area contributed by atoms with E-state index >= 15 is 0 Å². The van der Waals surface area contributed by atoms with Crippen LogP contribution >= 0.6 is 0 Å². The van der Waals surface area contributed by atoms with Crippen LogP contribution in [-0.2, 0) is 0 Å². The molecule has 1 fully saturated rings. The first-order valence-electron chi connectivity index (χ1n) is 4.38.